The zero-order chi connectivity index (χ0) is 20.6. The van der Waals surface area contributed by atoms with Gasteiger partial charge in [0.25, 0.3) is 0 Å². The van der Waals surface area contributed by atoms with Gasteiger partial charge in [-0.3, -0.25) is 0 Å². The lowest BCUT2D eigenvalue weighted by Gasteiger charge is -2.05. The van der Waals surface area contributed by atoms with E-state index in [0.717, 1.165) is 26.9 Å². The maximum absolute atomic E-state index is 13.1. The first-order chi connectivity index (χ1) is 13.8. The van der Waals surface area contributed by atoms with Gasteiger partial charge < -0.3 is 4.57 Å². The highest BCUT2D eigenvalue weighted by Crippen LogP contribution is 2.30. The molecule has 2 N–H and O–H groups in total. The van der Waals surface area contributed by atoms with Crippen LogP contribution < -0.4 is 5.14 Å². The summed E-state index contributed by atoms with van der Waals surface area (Å²) < 4.78 is 38.3. The Balaban J connectivity index is 1.57. The van der Waals surface area contributed by atoms with Gasteiger partial charge in [-0.05, 0) is 49.4 Å². The van der Waals surface area contributed by atoms with Gasteiger partial charge in [-0.25, -0.2) is 27.9 Å². The molecular weight excluding hydrogens is 431 g/mol. The van der Waals surface area contributed by atoms with E-state index in [-0.39, 0.29) is 10.7 Å². The van der Waals surface area contributed by atoms with Crippen molar-refractivity contribution in [2.75, 3.05) is 0 Å². The fraction of sp³-hybridized carbons (Fsp3) is 0.158. The lowest BCUT2D eigenvalue weighted by molar-refractivity contribution is 0.598. The second-order valence-electron chi connectivity index (χ2n) is 6.27. The fourth-order valence-corrected chi connectivity index (χ4v) is 5.35. The quantitative estimate of drug-likeness (QED) is 0.445. The Labute approximate surface area is 175 Å². The van der Waals surface area contributed by atoms with Crippen LogP contribution in [-0.2, 0) is 22.3 Å². The molecule has 0 fully saturated rings. The van der Waals surface area contributed by atoms with Crippen LogP contribution in [0, 0.1) is 5.82 Å². The first-order valence-corrected chi connectivity index (χ1v) is 12.1. The summed E-state index contributed by atoms with van der Waals surface area (Å²) in [5.41, 5.74) is 3.22. The maximum Gasteiger partial charge on any atom is 0.238 e. The van der Waals surface area contributed by atoms with Crippen LogP contribution in [0.25, 0.3) is 21.6 Å². The minimum Gasteiger partial charge on any atom is -0.319 e. The Bertz CT molecular complexity index is 1280. The minimum atomic E-state index is -3.77. The molecule has 10 heteroatoms. The van der Waals surface area contributed by atoms with E-state index in [4.69, 9.17) is 5.14 Å². The second-order valence-corrected chi connectivity index (χ2v) is 9.64. The summed E-state index contributed by atoms with van der Waals surface area (Å²) >= 11 is 3.04. The number of imidazole rings is 1. The molecule has 0 aliphatic carbocycles. The summed E-state index contributed by atoms with van der Waals surface area (Å²) in [4.78, 5) is 9.26. The van der Waals surface area contributed by atoms with Crippen LogP contribution in [0.2, 0.25) is 0 Å². The number of halogens is 1. The van der Waals surface area contributed by atoms with E-state index < -0.39 is 10.0 Å². The van der Waals surface area contributed by atoms with Gasteiger partial charge >= 0.3 is 0 Å². The van der Waals surface area contributed by atoms with Gasteiger partial charge in [-0.1, -0.05) is 11.8 Å². The van der Waals surface area contributed by atoms with Crippen molar-refractivity contribution < 1.29 is 12.8 Å². The zero-order valence-corrected chi connectivity index (χ0v) is 17.8. The highest BCUT2D eigenvalue weighted by Gasteiger charge is 2.15. The van der Waals surface area contributed by atoms with Crippen LogP contribution in [0.1, 0.15) is 12.6 Å². The number of nitrogens with zero attached hydrogens (tertiary/aromatic N) is 3. The molecule has 0 saturated heterocycles. The van der Waals surface area contributed by atoms with Gasteiger partial charge in [0.2, 0.25) is 10.0 Å². The second kappa shape index (κ2) is 7.86. The topological polar surface area (TPSA) is 90.9 Å². The molecule has 0 unspecified atom stereocenters. The molecule has 2 aromatic carbocycles. The highest BCUT2D eigenvalue weighted by atomic mass is 32.2. The molecule has 4 aromatic rings. The molecular formula is C19H17FN4O2S3. The lowest BCUT2D eigenvalue weighted by Crippen LogP contribution is -2.11. The van der Waals surface area contributed by atoms with E-state index in [1.54, 1.807) is 18.2 Å². The van der Waals surface area contributed by atoms with Crippen LogP contribution in [0.4, 0.5) is 4.39 Å². The molecule has 29 heavy (non-hydrogen) atoms. The van der Waals surface area contributed by atoms with Crippen LogP contribution in [-0.4, -0.2) is 23.0 Å². The Morgan fingerprint density at radius 1 is 1.17 bits per heavy atom. The van der Waals surface area contributed by atoms with Crippen molar-refractivity contribution in [1.82, 2.24) is 14.5 Å². The normalized spacial score (nSPS) is 12.0. The SMILES string of the molecule is CCn1c(SCc2csc(-c3ccc(F)cc3)n2)nc2cc(S(N)(=O)=O)ccc21. The number of fused-ring (bicyclic) bond motifs is 1. The van der Waals surface area contributed by atoms with Crippen LogP contribution in [0.15, 0.2) is 57.9 Å². The number of aromatic nitrogens is 3. The number of primary sulfonamides is 1. The summed E-state index contributed by atoms with van der Waals surface area (Å²) in [6, 6.07) is 11.0. The molecule has 0 radical (unpaired) electrons. The van der Waals surface area contributed by atoms with Gasteiger partial charge in [-0.15, -0.1) is 11.3 Å². The summed E-state index contributed by atoms with van der Waals surface area (Å²) in [5.74, 6) is 0.341. The average Bonchev–Trinajstić information content (AvgIpc) is 3.29. The molecule has 2 aromatic heterocycles. The Morgan fingerprint density at radius 3 is 2.62 bits per heavy atom. The summed E-state index contributed by atoms with van der Waals surface area (Å²) in [6.45, 7) is 2.71. The third-order valence-corrected chi connectivity index (χ3v) is 7.18. The van der Waals surface area contributed by atoms with Crippen molar-refractivity contribution in [1.29, 1.82) is 0 Å². The zero-order valence-electron chi connectivity index (χ0n) is 15.4. The molecule has 6 nitrogen and oxygen atoms in total. The average molecular weight is 449 g/mol. The van der Waals surface area contributed by atoms with Gasteiger partial charge in [0.05, 0.1) is 21.6 Å². The van der Waals surface area contributed by atoms with Crippen molar-refractivity contribution in [3.63, 3.8) is 0 Å². The molecule has 0 aliphatic rings. The fourth-order valence-electron chi connectivity index (χ4n) is 2.92. The number of aryl methyl sites for hydroxylation is 1. The van der Waals surface area contributed by atoms with E-state index in [2.05, 4.69) is 9.97 Å². The Kier molecular flexibility index (Phi) is 5.43. The van der Waals surface area contributed by atoms with Gasteiger partial charge in [0, 0.05) is 23.2 Å². The predicted molar refractivity (Wildman–Crippen MR) is 114 cm³/mol. The molecule has 150 valence electrons. The summed E-state index contributed by atoms with van der Waals surface area (Å²) in [5, 5.41) is 8.82. The van der Waals surface area contributed by atoms with E-state index in [0.29, 0.717) is 17.8 Å². The number of thioether (sulfide) groups is 1. The molecule has 0 aliphatic heterocycles. The van der Waals surface area contributed by atoms with Crippen molar-refractivity contribution in [3.8, 4) is 10.6 Å². The first kappa shape index (κ1) is 20.0. The molecule has 0 bridgehead atoms. The van der Waals surface area contributed by atoms with Gasteiger partial charge in [-0.2, -0.15) is 0 Å². The molecule has 0 amide bonds. The van der Waals surface area contributed by atoms with Crippen LogP contribution in [0.5, 0.6) is 0 Å². The van der Waals surface area contributed by atoms with Crippen molar-refractivity contribution in [2.24, 2.45) is 5.14 Å². The van der Waals surface area contributed by atoms with E-state index in [9.17, 15) is 12.8 Å². The van der Waals surface area contributed by atoms with E-state index >= 15 is 0 Å². The van der Waals surface area contributed by atoms with Crippen LogP contribution in [0.3, 0.4) is 0 Å². The standard InChI is InChI=1S/C19H17FN4O2S3/c1-2-24-17-8-7-15(29(21,25)26)9-16(17)23-19(24)28-11-14-10-27-18(22-14)12-3-5-13(20)6-4-12/h3-10H,2,11H2,1H3,(H2,21,25,26). The molecule has 4 rings (SSSR count). The van der Waals surface area contributed by atoms with Crippen molar-refractivity contribution in [3.05, 3.63) is 59.4 Å². The number of benzene rings is 2. The number of nitrogens with two attached hydrogens (primary N) is 1. The van der Waals surface area contributed by atoms with E-state index in [1.807, 2.05) is 16.9 Å². The predicted octanol–water partition coefficient (Wildman–Crippen LogP) is 4.26. The van der Waals surface area contributed by atoms with Crippen LogP contribution >= 0.6 is 23.1 Å². The minimum absolute atomic E-state index is 0.0470. The number of thiazole rings is 1. The molecule has 2 heterocycles. The largest absolute Gasteiger partial charge is 0.319 e. The summed E-state index contributed by atoms with van der Waals surface area (Å²) in [7, 11) is -3.77. The number of sulfonamides is 1. The maximum atomic E-state index is 13.1. The van der Waals surface area contributed by atoms with Gasteiger partial charge in [0.1, 0.15) is 10.8 Å². The lowest BCUT2D eigenvalue weighted by atomic mass is 10.2. The Hall–Kier alpha value is -2.27. The van der Waals surface area contributed by atoms with E-state index in [1.165, 1.54) is 47.4 Å². The summed E-state index contributed by atoms with van der Waals surface area (Å²) in [6.07, 6.45) is 0. The monoisotopic (exact) mass is 448 g/mol. The third kappa shape index (κ3) is 4.20. The Morgan fingerprint density at radius 2 is 1.93 bits per heavy atom. The smallest absolute Gasteiger partial charge is 0.238 e. The van der Waals surface area contributed by atoms with Crippen molar-refractivity contribution in [2.45, 2.75) is 29.3 Å². The number of rotatable bonds is 6. The molecule has 0 atom stereocenters. The molecule has 0 saturated carbocycles. The third-order valence-electron chi connectivity index (χ3n) is 4.32. The van der Waals surface area contributed by atoms with Gasteiger partial charge in [0.15, 0.2) is 5.16 Å². The number of hydrogen-bond donors (Lipinski definition) is 1. The molecule has 0 spiro atoms. The first-order valence-electron chi connectivity index (χ1n) is 8.71. The number of hydrogen-bond acceptors (Lipinski definition) is 6. The highest BCUT2D eigenvalue weighted by molar-refractivity contribution is 7.98. The van der Waals surface area contributed by atoms with Crippen molar-refractivity contribution >= 4 is 44.2 Å².